The first-order valence-corrected chi connectivity index (χ1v) is 11.0. The molecule has 1 N–H and O–H groups in total. The van der Waals surface area contributed by atoms with Gasteiger partial charge in [0.15, 0.2) is 0 Å². The van der Waals surface area contributed by atoms with Crippen LogP contribution in [0.15, 0.2) is 42.5 Å². The number of benzene rings is 1. The summed E-state index contributed by atoms with van der Waals surface area (Å²) in [6.07, 6.45) is 10.9. The number of rotatable bonds is 5. The number of amides is 3. The summed E-state index contributed by atoms with van der Waals surface area (Å²) < 4.78 is 0. The van der Waals surface area contributed by atoms with Gasteiger partial charge in [0.1, 0.15) is 6.04 Å². The summed E-state index contributed by atoms with van der Waals surface area (Å²) in [6, 6.07) is 9.09. The van der Waals surface area contributed by atoms with E-state index >= 15 is 0 Å². The van der Waals surface area contributed by atoms with Crippen molar-refractivity contribution in [3.63, 3.8) is 0 Å². The Bertz CT molecular complexity index is 813. The van der Waals surface area contributed by atoms with Gasteiger partial charge in [-0.3, -0.25) is 19.3 Å². The third-order valence-corrected chi connectivity index (χ3v) is 7.34. The van der Waals surface area contributed by atoms with Crippen molar-refractivity contribution < 1.29 is 14.4 Å². The molecule has 3 aliphatic carbocycles. The van der Waals surface area contributed by atoms with Crippen LogP contribution in [0.5, 0.6) is 0 Å². The number of carbonyl (C=O) groups excluding carboxylic acids is 3. The standard InChI is InChI=1S/C24H28N2O3/c27-22(25-18-9-5-2-6-10-18)19(13-15-7-3-1-4-8-15)26-23(28)20-16-11-12-17(14-16)21(20)24(26)29/h1,3-4,7-8,11-12,16-21H,2,5-6,9-10,13-14H2,(H,25,27)/t16-,17+,19-,20-,21+/m0/s1. The molecule has 29 heavy (non-hydrogen) atoms. The van der Waals surface area contributed by atoms with Crippen molar-refractivity contribution in [2.75, 3.05) is 0 Å². The van der Waals surface area contributed by atoms with Crippen LogP contribution in [0.2, 0.25) is 0 Å². The Hall–Kier alpha value is -2.43. The Morgan fingerprint density at radius 3 is 2.21 bits per heavy atom. The molecule has 0 radical (unpaired) electrons. The topological polar surface area (TPSA) is 66.5 Å². The highest BCUT2D eigenvalue weighted by Gasteiger charge is 2.61. The van der Waals surface area contributed by atoms with Gasteiger partial charge in [0, 0.05) is 12.5 Å². The summed E-state index contributed by atoms with van der Waals surface area (Å²) >= 11 is 0. The normalized spacial score (nSPS) is 31.9. The lowest BCUT2D eigenvalue weighted by atomic mass is 9.85. The summed E-state index contributed by atoms with van der Waals surface area (Å²) in [6.45, 7) is 0. The first-order chi connectivity index (χ1) is 14.1. The van der Waals surface area contributed by atoms with Crippen LogP contribution in [0.3, 0.4) is 0 Å². The van der Waals surface area contributed by atoms with Gasteiger partial charge >= 0.3 is 0 Å². The van der Waals surface area contributed by atoms with E-state index in [-0.39, 0.29) is 47.4 Å². The Morgan fingerprint density at radius 1 is 0.966 bits per heavy atom. The van der Waals surface area contributed by atoms with E-state index < -0.39 is 6.04 Å². The molecule has 152 valence electrons. The van der Waals surface area contributed by atoms with Crippen LogP contribution in [0, 0.1) is 23.7 Å². The number of allylic oxidation sites excluding steroid dienone is 2. The van der Waals surface area contributed by atoms with Crippen LogP contribution < -0.4 is 5.32 Å². The first-order valence-electron chi connectivity index (χ1n) is 11.0. The minimum Gasteiger partial charge on any atom is -0.352 e. The molecule has 5 atom stereocenters. The molecule has 2 bridgehead atoms. The van der Waals surface area contributed by atoms with E-state index in [0.29, 0.717) is 6.42 Å². The van der Waals surface area contributed by atoms with Gasteiger partial charge in [-0.25, -0.2) is 0 Å². The van der Waals surface area contributed by atoms with Gasteiger partial charge in [-0.05, 0) is 36.7 Å². The number of carbonyl (C=O) groups is 3. The zero-order valence-corrected chi connectivity index (χ0v) is 16.6. The van der Waals surface area contributed by atoms with Gasteiger partial charge in [-0.15, -0.1) is 0 Å². The highest BCUT2D eigenvalue weighted by atomic mass is 16.2. The average Bonchev–Trinajstić information content (AvgIpc) is 3.42. The summed E-state index contributed by atoms with van der Waals surface area (Å²) in [7, 11) is 0. The van der Waals surface area contributed by atoms with E-state index in [1.807, 2.05) is 30.3 Å². The Labute approximate surface area is 171 Å². The van der Waals surface area contributed by atoms with Gasteiger partial charge in [0.25, 0.3) is 0 Å². The number of fused-ring (bicyclic) bond motifs is 5. The zero-order valence-electron chi connectivity index (χ0n) is 16.6. The fourth-order valence-corrected chi connectivity index (χ4v) is 5.92. The summed E-state index contributed by atoms with van der Waals surface area (Å²) in [5.74, 6) is -0.678. The number of nitrogens with one attached hydrogen (secondary N) is 1. The third-order valence-electron chi connectivity index (χ3n) is 7.34. The summed E-state index contributed by atoms with van der Waals surface area (Å²) in [4.78, 5) is 41.3. The molecule has 1 saturated heterocycles. The van der Waals surface area contributed by atoms with Gasteiger partial charge < -0.3 is 5.32 Å². The van der Waals surface area contributed by atoms with E-state index in [2.05, 4.69) is 17.5 Å². The number of nitrogens with zero attached hydrogens (tertiary/aromatic N) is 1. The lowest BCUT2D eigenvalue weighted by Gasteiger charge is -2.30. The van der Waals surface area contributed by atoms with Crippen LogP contribution in [0.25, 0.3) is 0 Å². The van der Waals surface area contributed by atoms with Crippen LogP contribution in [-0.4, -0.2) is 34.7 Å². The molecule has 1 aliphatic heterocycles. The number of imide groups is 1. The van der Waals surface area contributed by atoms with E-state index in [4.69, 9.17) is 0 Å². The molecule has 3 amide bonds. The average molecular weight is 392 g/mol. The third kappa shape index (κ3) is 3.21. The second-order valence-corrected chi connectivity index (χ2v) is 9.10. The lowest BCUT2D eigenvalue weighted by molar-refractivity contribution is -0.148. The van der Waals surface area contributed by atoms with Crippen LogP contribution in [0.1, 0.15) is 44.1 Å². The summed E-state index contributed by atoms with van der Waals surface area (Å²) in [5.41, 5.74) is 0.968. The molecule has 1 aromatic rings. The molecule has 5 nitrogen and oxygen atoms in total. The van der Waals surface area contributed by atoms with Crippen molar-refractivity contribution >= 4 is 17.7 Å². The van der Waals surface area contributed by atoms with E-state index in [1.165, 1.54) is 11.3 Å². The first kappa shape index (κ1) is 18.6. The Morgan fingerprint density at radius 2 is 1.59 bits per heavy atom. The number of hydrogen-bond donors (Lipinski definition) is 1. The van der Waals surface area contributed by atoms with Gasteiger partial charge in [-0.1, -0.05) is 61.7 Å². The van der Waals surface area contributed by atoms with Crippen LogP contribution in [0.4, 0.5) is 0 Å². The lowest BCUT2D eigenvalue weighted by Crippen LogP contribution is -2.53. The second kappa shape index (κ2) is 7.43. The second-order valence-electron chi connectivity index (χ2n) is 9.10. The quantitative estimate of drug-likeness (QED) is 0.619. The molecule has 5 heteroatoms. The number of likely N-dealkylation sites (tertiary alicyclic amines) is 1. The van der Waals surface area contributed by atoms with Crippen molar-refractivity contribution in [3.8, 4) is 0 Å². The molecule has 5 rings (SSSR count). The van der Waals surface area contributed by atoms with Crippen molar-refractivity contribution in [1.29, 1.82) is 0 Å². The molecule has 0 aromatic heterocycles. The highest BCUT2D eigenvalue weighted by molar-refractivity contribution is 6.09. The van der Waals surface area contributed by atoms with Crippen LogP contribution >= 0.6 is 0 Å². The van der Waals surface area contributed by atoms with Crippen molar-refractivity contribution in [3.05, 3.63) is 48.0 Å². The maximum atomic E-state index is 13.3. The molecule has 0 unspecified atom stereocenters. The monoisotopic (exact) mass is 392 g/mol. The van der Waals surface area contributed by atoms with Gasteiger partial charge in [0.2, 0.25) is 17.7 Å². The molecule has 0 spiro atoms. The van der Waals surface area contributed by atoms with Crippen molar-refractivity contribution in [2.45, 2.75) is 57.0 Å². The highest BCUT2D eigenvalue weighted by Crippen LogP contribution is 2.53. The van der Waals surface area contributed by atoms with Crippen LogP contribution in [-0.2, 0) is 20.8 Å². The Kier molecular flexibility index (Phi) is 4.76. The fraction of sp³-hybridized carbons (Fsp3) is 0.542. The molecule has 1 aromatic carbocycles. The molecule has 1 heterocycles. The van der Waals surface area contributed by atoms with E-state index in [1.54, 1.807) is 0 Å². The zero-order chi connectivity index (χ0) is 20.0. The maximum absolute atomic E-state index is 13.3. The Balaban J connectivity index is 1.41. The maximum Gasteiger partial charge on any atom is 0.243 e. The minimum atomic E-state index is -0.760. The molecule has 2 saturated carbocycles. The van der Waals surface area contributed by atoms with Crippen molar-refractivity contribution in [1.82, 2.24) is 10.2 Å². The predicted octanol–water partition coefficient (Wildman–Crippen LogP) is 2.85. The predicted molar refractivity (Wildman–Crippen MR) is 109 cm³/mol. The SMILES string of the molecule is O=C(NC1CCCCC1)[C@H](Cc1ccccc1)N1C(=O)[C@@H]2[C@H](C1=O)[C@@H]1C=C[C@H]2C1. The minimum absolute atomic E-state index is 0.142. The molecular weight excluding hydrogens is 364 g/mol. The number of hydrogen-bond acceptors (Lipinski definition) is 3. The molecule has 3 fully saturated rings. The summed E-state index contributed by atoms with van der Waals surface area (Å²) in [5, 5.41) is 3.16. The molecule has 4 aliphatic rings. The van der Waals surface area contributed by atoms with Gasteiger partial charge in [-0.2, -0.15) is 0 Å². The van der Waals surface area contributed by atoms with E-state index in [0.717, 1.165) is 37.7 Å². The fourth-order valence-electron chi connectivity index (χ4n) is 5.92. The smallest absolute Gasteiger partial charge is 0.243 e. The van der Waals surface area contributed by atoms with E-state index in [9.17, 15) is 14.4 Å². The van der Waals surface area contributed by atoms with Gasteiger partial charge in [0.05, 0.1) is 11.8 Å². The molecular formula is C24H28N2O3. The largest absolute Gasteiger partial charge is 0.352 e. The van der Waals surface area contributed by atoms with Crippen molar-refractivity contribution in [2.24, 2.45) is 23.7 Å².